The zero-order valence-electron chi connectivity index (χ0n) is 36.8. The molecule has 0 aliphatic heterocycles. The van der Waals surface area contributed by atoms with Gasteiger partial charge in [0.2, 0.25) is 11.6 Å². The third-order valence-corrected chi connectivity index (χ3v) is 10.4. The van der Waals surface area contributed by atoms with Gasteiger partial charge < -0.3 is 68.4 Å². The van der Waals surface area contributed by atoms with Gasteiger partial charge in [-0.15, -0.1) is 0 Å². The number of nitrogens with zero attached hydrogens (tertiary/aromatic N) is 2. The first kappa shape index (κ1) is 48.7. The molecule has 6 rings (SSSR count). The van der Waals surface area contributed by atoms with Crippen molar-refractivity contribution in [1.82, 2.24) is 8.80 Å². The number of nitrogen functional groups attached to an aromatic ring is 2. The fraction of sp³-hybridized carbons (Fsp3) is 0.333. The monoisotopic (exact) mass is 910 g/mol. The number of rotatable bonds is 29. The molecule has 0 aliphatic rings. The molecule has 6 N–H and O–H groups in total. The summed E-state index contributed by atoms with van der Waals surface area (Å²) in [7, 11) is 0. The highest BCUT2D eigenvalue weighted by Crippen LogP contribution is 2.34. The van der Waals surface area contributed by atoms with Gasteiger partial charge in [0.1, 0.15) is 42.9 Å². The lowest BCUT2D eigenvalue weighted by Gasteiger charge is -2.09. The summed E-state index contributed by atoms with van der Waals surface area (Å²) in [6, 6.07) is 19.4. The molecule has 0 fully saturated rings. The Morgan fingerprint density at radius 2 is 0.879 bits per heavy atom. The quantitative estimate of drug-likeness (QED) is 0.0190. The van der Waals surface area contributed by atoms with Crippen molar-refractivity contribution in [3.63, 3.8) is 0 Å². The molecule has 0 spiro atoms. The number of ketones is 2. The van der Waals surface area contributed by atoms with Crippen LogP contribution < -0.4 is 20.9 Å². The van der Waals surface area contributed by atoms with Gasteiger partial charge in [-0.1, -0.05) is 12.1 Å². The van der Waals surface area contributed by atoms with E-state index in [1.54, 1.807) is 47.2 Å². The topological polar surface area (TPSA) is 243 Å². The largest absolute Gasteiger partial charge is 0.489 e. The minimum Gasteiger partial charge on any atom is -0.489 e. The fourth-order valence-corrected chi connectivity index (χ4v) is 7.18. The number of hydrogen-bond acceptors (Lipinski definition) is 14. The summed E-state index contributed by atoms with van der Waals surface area (Å²) in [6.45, 7) is 7.99. The molecule has 0 unspecified atom stereocenters. The van der Waals surface area contributed by atoms with E-state index in [4.69, 9.17) is 49.4 Å². The maximum atomic E-state index is 13.6. The Labute approximate surface area is 380 Å². The Balaban J connectivity index is 0.766. The lowest BCUT2D eigenvalue weighted by molar-refractivity contribution is -0.0655. The Kier molecular flexibility index (Phi) is 17.6. The summed E-state index contributed by atoms with van der Waals surface area (Å²) in [5.74, 6) is -2.07. The molecular weight excluding hydrogens is 857 g/mol. The minimum absolute atomic E-state index is 0.0763. The first-order valence-electron chi connectivity index (χ1n) is 21.3. The second kappa shape index (κ2) is 23.9. The average Bonchev–Trinajstić information content (AvgIpc) is 3.75. The van der Waals surface area contributed by atoms with Crippen LogP contribution in [0.5, 0.6) is 11.5 Å². The molecule has 18 heteroatoms. The number of benzene rings is 2. The number of hydrogen-bond donors (Lipinski definition) is 4. The molecule has 6 aromatic rings. The zero-order valence-corrected chi connectivity index (χ0v) is 36.8. The van der Waals surface area contributed by atoms with E-state index >= 15 is 0 Å². The van der Waals surface area contributed by atoms with Crippen molar-refractivity contribution < 1.29 is 67.3 Å². The van der Waals surface area contributed by atoms with Crippen molar-refractivity contribution in [2.75, 3.05) is 97.5 Å². The van der Waals surface area contributed by atoms with Crippen LogP contribution in [0.1, 0.15) is 70.4 Å². The number of ether oxygens (including phenoxy) is 8. The van der Waals surface area contributed by atoms with Crippen molar-refractivity contribution in [1.29, 1.82) is 0 Å². The number of carboxylic acid groups (broad SMARTS) is 2. The molecule has 66 heavy (non-hydrogen) atoms. The van der Waals surface area contributed by atoms with Gasteiger partial charge in [-0.25, -0.2) is 9.59 Å². The predicted octanol–water partition coefficient (Wildman–Crippen LogP) is 5.74. The van der Waals surface area contributed by atoms with Gasteiger partial charge in [0.05, 0.1) is 81.6 Å². The Morgan fingerprint density at radius 1 is 0.500 bits per heavy atom. The van der Waals surface area contributed by atoms with E-state index in [9.17, 15) is 29.4 Å². The molecule has 0 atom stereocenters. The average molecular weight is 911 g/mol. The smallest absolute Gasteiger partial charge is 0.337 e. The molecule has 350 valence electrons. The SMILES string of the molecule is Cc1c(OCCOCCOCCOCCOCCCOCOCCOc2c(C)c(C(=O)c3ccc(N)c(C(=O)O)c3)n3ccccc23)c2ccccn2c1C(=O)c1ccc(N)c(C(=O)O)c1. The summed E-state index contributed by atoms with van der Waals surface area (Å²) in [5.41, 5.74) is 15.2. The van der Waals surface area contributed by atoms with Gasteiger partial charge in [-0.05, 0) is 80.9 Å². The number of carbonyl (C=O) groups is 4. The molecule has 0 saturated carbocycles. The number of pyridine rings is 2. The Hall–Kier alpha value is -6.80. The number of carboxylic acids is 2. The molecular formula is C48H54N4O14. The zero-order chi connectivity index (χ0) is 47.0. The summed E-state index contributed by atoms with van der Waals surface area (Å²) < 4.78 is 49.1. The molecule has 0 bridgehead atoms. The second-order valence-corrected chi connectivity index (χ2v) is 14.8. The fourth-order valence-electron chi connectivity index (χ4n) is 7.18. The molecule has 0 aliphatic carbocycles. The highest BCUT2D eigenvalue weighted by Gasteiger charge is 2.25. The summed E-state index contributed by atoms with van der Waals surface area (Å²) in [5, 5.41) is 18.9. The number of carbonyl (C=O) groups excluding carboxylic acids is 2. The summed E-state index contributed by atoms with van der Waals surface area (Å²) >= 11 is 0. The summed E-state index contributed by atoms with van der Waals surface area (Å²) in [6.07, 6.45) is 4.18. The van der Waals surface area contributed by atoms with Gasteiger partial charge in [-0.3, -0.25) is 9.59 Å². The lowest BCUT2D eigenvalue weighted by Crippen LogP contribution is -2.14. The van der Waals surface area contributed by atoms with E-state index in [2.05, 4.69) is 0 Å². The van der Waals surface area contributed by atoms with E-state index in [1.165, 1.54) is 36.4 Å². The molecule has 0 saturated heterocycles. The number of aromatic nitrogens is 2. The van der Waals surface area contributed by atoms with Crippen LogP contribution in [0.25, 0.3) is 11.0 Å². The van der Waals surface area contributed by atoms with Gasteiger partial charge in [0.15, 0.2) is 0 Å². The molecule has 0 radical (unpaired) electrons. The third kappa shape index (κ3) is 12.1. The van der Waals surface area contributed by atoms with Gasteiger partial charge in [-0.2, -0.15) is 0 Å². The van der Waals surface area contributed by atoms with Crippen LogP contribution in [-0.4, -0.2) is 129 Å². The van der Waals surface area contributed by atoms with Crippen molar-refractivity contribution in [2.45, 2.75) is 20.3 Å². The van der Waals surface area contributed by atoms with Crippen LogP contribution in [0.3, 0.4) is 0 Å². The second-order valence-electron chi connectivity index (χ2n) is 14.8. The normalized spacial score (nSPS) is 11.4. The van der Waals surface area contributed by atoms with Crippen molar-refractivity contribution in [3.8, 4) is 11.5 Å². The molecule has 0 amide bonds. The Morgan fingerprint density at radius 3 is 1.32 bits per heavy atom. The van der Waals surface area contributed by atoms with Crippen LogP contribution in [0.15, 0.2) is 85.2 Å². The van der Waals surface area contributed by atoms with E-state index in [0.29, 0.717) is 111 Å². The van der Waals surface area contributed by atoms with Crippen molar-refractivity contribution >= 4 is 45.9 Å². The maximum absolute atomic E-state index is 13.6. The van der Waals surface area contributed by atoms with E-state index in [0.717, 1.165) is 0 Å². The highest BCUT2D eigenvalue weighted by molar-refractivity contribution is 6.13. The van der Waals surface area contributed by atoms with Crippen LogP contribution >= 0.6 is 0 Å². The number of fused-ring (bicyclic) bond motifs is 2. The molecule has 2 aromatic carbocycles. The van der Waals surface area contributed by atoms with E-state index < -0.39 is 11.9 Å². The first-order valence-corrected chi connectivity index (χ1v) is 21.3. The van der Waals surface area contributed by atoms with Gasteiger partial charge >= 0.3 is 11.9 Å². The third-order valence-electron chi connectivity index (χ3n) is 10.4. The van der Waals surface area contributed by atoms with Crippen molar-refractivity contribution in [2.24, 2.45) is 0 Å². The van der Waals surface area contributed by atoms with Crippen LogP contribution in [0.4, 0.5) is 11.4 Å². The number of aromatic carboxylic acids is 2. The number of nitrogens with two attached hydrogens (primary N) is 2. The number of anilines is 2. The van der Waals surface area contributed by atoms with Crippen molar-refractivity contribution in [3.05, 3.63) is 130 Å². The summed E-state index contributed by atoms with van der Waals surface area (Å²) in [4.78, 5) is 50.3. The van der Waals surface area contributed by atoms with Crippen LogP contribution in [0.2, 0.25) is 0 Å². The van der Waals surface area contributed by atoms with Crippen LogP contribution in [-0.2, 0) is 28.4 Å². The highest BCUT2D eigenvalue weighted by atomic mass is 16.7. The molecule has 18 nitrogen and oxygen atoms in total. The standard InChI is InChI=1S/C48H54N4O14/c1-31-41(43(53)33-10-12-37(49)35(28-33)47(55)56)51-14-5-3-8-39(51)45(31)65-26-24-62-23-22-61-21-20-60-19-18-59-16-7-17-63-30-64-25-27-66-46-32(2)42(52-15-6-4-9-40(46)52)44(54)34-11-13-38(50)36(29-34)48(57)58/h3-6,8-15,28-29H,7,16-27,30,49-50H2,1-2H3,(H,55,56)(H,57,58). The first-order chi connectivity index (χ1) is 32.0. The minimum atomic E-state index is -1.21. The van der Waals surface area contributed by atoms with E-state index in [-0.39, 0.29) is 71.8 Å². The maximum Gasteiger partial charge on any atom is 0.337 e. The van der Waals surface area contributed by atoms with Gasteiger partial charge in [0, 0.05) is 52.6 Å². The van der Waals surface area contributed by atoms with Gasteiger partial charge in [0.25, 0.3) is 0 Å². The molecule has 4 aromatic heterocycles. The predicted molar refractivity (Wildman–Crippen MR) is 242 cm³/mol. The lowest BCUT2D eigenvalue weighted by atomic mass is 10.0. The van der Waals surface area contributed by atoms with E-state index in [1.807, 2.05) is 24.3 Å². The molecule has 4 heterocycles. The Bertz CT molecular complexity index is 2460. The van der Waals surface area contributed by atoms with Crippen LogP contribution in [0, 0.1) is 13.8 Å².